The van der Waals surface area contributed by atoms with E-state index in [1.165, 1.54) is 4.31 Å². The number of carbonyl (C=O) groups is 1. The normalized spacial score (nSPS) is 22.0. The molecule has 1 aliphatic carbocycles. The third-order valence-electron chi connectivity index (χ3n) is 4.26. The Kier molecular flexibility index (Phi) is 3.65. The van der Waals surface area contributed by atoms with Crippen LogP contribution >= 0.6 is 0 Å². The van der Waals surface area contributed by atoms with Crippen molar-refractivity contribution in [2.45, 2.75) is 26.2 Å². The number of anilines is 2. The zero-order valence-corrected chi connectivity index (χ0v) is 12.9. The standard InChI is InChI=1S/C15H20N2O3S/c1-11(12-3-4-12)15(18)16-13-5-7-14(8-6-13)17-9-2-10-21(17,19)20/h5-8,11-12H,2-4,9-10H2,1H3,(H,16,18). The van der Waals surface area contributed by atoms with Crippen LogP contribution in [0.3, 0.4) is 0 Å². The van der Waals surface area contributed by atoms with Crippen molar-refractivity contribution in [2.24, 2.45) is 11.8 Å². The number of nitrogens with zero attached hydrogens (tertiary/aromatic N) is 1. The summed E-state index contributed by atoms with van der Waals surface area (Å²) in [7, 11) is -3.15. The van der Waals surface area contributed by atoms with Gasteiger partial charge in [0, 0.05) is 18.2 Å². The van der Waals surface area contributed by atoms with Crippen LogP contribution in [0.25, 0.3) is 0 Å². The molecule has 21 heavy (non-hydrogen) atoms. The van der Waals surface area contributed by atoms with Crippen molar-refractivity contribution < 1.29 is 13.2 Å². The maximum atomic E-state index is 12.0. The third-order valence-corrected chi connectivity index (χ3v) is 6.13. The van der Waals surface area contributed by atoms with Gasteiger partial charge in [0.15, 0.2) is 0 Å². The SMILES string of the molecule is CC(C(=O)Nc1ccc(N2CCCS2(=O)=O)cc1)C1CC1. The Morgan fingerprint density at radius 3 is 2.48 bits per heavy atom. The highest BCUT2D eigenvalue weighted by molar-refractivity contribution is 7.93. The first-order valence-corrected chi connectivity index (χ1v) is 8.99. The summed E-state index contributed by atoms with van der Waals surface area (Å²) < 4.78 is 25.1. The summed E-state index contributed by atoms with van der Waals surface area (Å²) in [6, 6.07) is 7.03. The highest BCUT2D eigenvalue weighted by atomic mass is 32.2. The minimum Gasteiger partial charge on any atom is -0.326 e. The summed E-state index contributed by atoms with van der Waals surface area (Å²) in [5.41, 5.74) is 1.38. The van der Waals surface area contributed by atoms with Gasteiger partial charge in [-0.3, -0.25) is 9.10 Å². The van der Waals surface area contributed by atoms with Crippen molar-refractivity contribution >= 4 is 27.3 Å². The van der Waals surface area contributed by atoms with E-state index in [0.717, 1.165) is 12.8 Å². The lowest BCUT2D eigenvalue weighted by atomic mass is 10.1. The summed E-state index contributed by atoms with van der Waals surface area (Å²) in [5.74, 6) is 0.825. The highest BCUT2D eigenvalue weighted by Crippen LogP contribution is 2.37. The minimum absolute atomic E-state index is 0.0408. The van der Waals surface area contributed by atoms with Gasteiger partial charge in [-0.25, -0.2) is 8.42 Å². The van der Waals surface area contributed by atoms with Gasteiger partial charge < -0.3 is 5.32 Å². The monoisotopic (exact) mass is 308 g/mol. The number of benzene rings is 1. The molecule has 0 bridgehead atoms. The Morgan fingerprint density at radius 2 is 1.95 bits per heavy atom. The summed E-state index contributed by atoms with van der Waals surface area (Å²) in [6.45, 7) is 2.49. The van der Waals surface area contributed by atoms with Crippen molar-refractivity contribution in [3.8, 4) is 0 Å². The molecule has 1 aromatic rings. The van der Waals surface area contributed by atoms with E-state index in [0.29, 0.717) is 30.3 Å². The van der Waals surface area contributed by atoms with Gasteiger partial charge in [0.1, 0.15) is 0 Å². The van der Waals surface area contributed by atoms with E-state index in [2.05, 4.69) is 5.32 Å². The van der Waals surface area contributed by atoms with Crippen molar-refractivity contribution in [3.05, 3.63) is 24.3 Å². The first-order valence-electron chi connectivity index (χ1n) is 7.39. The molecular formula is C15H20N2O3S. The number of amides is 1. The topological polar surface area (TPSA) is 66.5 Å². The Morgan fingerprint density at radius 1 is 1.29 bits per heavy atom. The summed E-state index contributed by atoms with van der Waals surface area (Å²) >= 11 is 0. The van der Waals surface area contributed by atoms with E-state index >= 15 is 0 Å². The van der Waals surface area contributed by atoms with Gasteiger partial charge >= 0.3 is 0 Å². The van der Waals surface area contributed by atoms with Gasteiger partial charge in [0.25, 0.3) is 0 Å². The smallest absolute Gasteiger partial charge is 0.235 e. The molecule has 3 rings (SSSR count). The van der Waals surface area contributed by atoms with E-state index < -0.39 is 10.0 Å². The predicted octanol–water partition coefficient (Wildman–Crippen LogP) is 2.21. The van der Waals surface area contributed by atoms with Crippen LogP contribution in [0.1, 0.15) is 26.2 Å². The number of rotatable bonds is 4. The molecule has 0 aromatic heterocycles. The van der Waals surface area contributed by atoms with Gasteiger partial charge in [0.2, 0.25) is 15.9 Å². The maximum absolute atomic E-state index is 12.0. The Bertz CT molecular complexity index is 635. The molecule has 2 fully saturated rings. The van der Waals surface area contributed by atoms with Gasteiger partial charge in [-0.2, -0.15) is 0 Å². The number of nitrogens with one attached hydrogen (secondary N) is 1. The predicted molar refractivity (Wildman–Crippen MR) is 82.7 cm³/mol. The number of sulfonamides is 1. The number of hydrogen-bond donors (Lipinski definition) is 1. The van der Waals surface area contributed by atoms with Crippen LogP contribution in [-0.4, -0.2) is 26.6 Å². The fourth-order valence-electron chi connectivity index (χ4n) is 2.71. The summed E-state index contributed by atoms with van der Waals surface area (Å²) in [6.07, 6.45) is 2.94. The molecular weight excluding hydrogens is 288 g/mol. The Balaban J connectivity index is 1.68. The molecule has 1 unspecified atom stereocenters. The first kappa shape index (κ1) is 14.4. The molecule has 1 atom stereocenters. The van der Waals surface area contributed by atoms with Crippen LogP contribution in [-0.2, 0) is 14.8 Å². The van der Waals surface area contributed by atoms with Gasteiger partial charge in [0.05, 0.1) is 11.4 Å². The molecule has 1 aromatic carbocycles. The summed E-state index contributed by atoms with van der Waals surface area (Å²) in [5, 5.41) is 2.89. The third kappa shape index (κ3) is 3.05. The fraction of sp³-hybridized carbons (Fsp3) is 0.533. The van der Waals surface area contributed by atoms with E-state index in [1.54, 1.807) is 24.3 Å². The second kappa shape index (κ2) is 5.33. The van der Waals surface area contributed by atoms with Crippen molar-refractivity contribution in [1.29, 1.82) is 0 Å². The molecule has 5 nitrogen and oxygen atoms in total. The molecule has 0 radical (unpaired) electrons. The van der Waals surface area contributed by atoms with Crippen LogP contribution in [0.5, 0.6) is 0 Å². The molecule has 6 heteroatoms. The lowest BCUT2D eigenvalue weighted by Crippen LogP contribution is -2.25. The Labute approximate surface area is 125 Å². The van der Waals surface area contributed by atoms with E-state index in [1.807, 2.05) is 6.92 Å². The van der Waals surface area contributed by atoms with E-state index in [4.69, 9.17) is 0 Å². The molecule has 1 amide bonds. The highest BCUT2D eigenvalue weighted by Gasteiger charge is 2.32. The van der Waals surface area contributed by atoms with Crippen LogP contribution in [0, 0.1) is 11.8 Å². The summed E-state index contributed by atoms with van der Waals surface area (Å²) in [4.78, 5) is 12.0. The second-order valence-corrected chi connectivity index (χ2v) is 7.92. The van der Waals surface area contributed by atoms with Gasteiger partial charge in [-0.05, 0) is 49.4 Å². The van der Waals surface area contributed by atoms with Gasteiger partial charge in [-0.15, -0.1) is 0 Å². The minimum atomic E-state index is -3.15. The zero-order chi connectivity index (χ0) is 15.0. The van der Waals surface area contributed by atoms with Crippen LogP contribution in [0.4, 0.5) is 11.4 Å². The molecule has 1 aliphatic heterocycles. The molecule has 1 saturated carbocycles. The van der Waals surface area contributed by atoms with E-state index in [-0.39, 0.29) is 17.6 Å². The first-order chi connectivity index (χ1) is 9.97. The molecule has 114 valence electrons. The molecule has 0 spiro atoms. The van der Waals surface area contributed by atoms with Crippen molar-refractivity contribution in [2.75, 3.05) is 21.9 Å². The lowest BCUT2D eigenvalue weighted by Gasteiger charge is -2.17. The maximum Gasteiger partial charge on any atom is 0.235 e. The lowest BCUT2D eigenvalue weighted by molar-refractivity contribution is -0.119. The molecule has 2 aliphatic rings. The fourth-order valence-corrected chi connectivity index (χ4v) is 4.27. The van der Waals surface area contributed by atoms with Crippen LogP contribution in [0.15, 0.2) is 24.3 Å². The van der Waals surface area contributed by atoms with Crippen LogP contribution < -0.4 is 9.62 Å². The van der Waals surface area contributed by atoms with Crippen molar-refractivity contribution in [1.82, 2.24) is 0 Å². The molecule has 1 heterocycles. The van der Waals surface area contributed by atoms with E-state index in [9.17, 15) is 13.2 Å². The van der Waals surface area contributed by atoms with Gasteiger partial charge in [-0.1, -0.05) is 6.92 Å². The number of hydrogen-bond acceptors (Lipinski definition) is 3. The number of carbonyl (C=O) groups excluding carboxylic acids is 1. The quantitative estimate of drug-likeness (QED) is 0.927. The molecule has 1 saturated heterocycles. The Hall–Kier alpha value is -1.56. The van der Waals surface area contributed by atoms with Crippen molar-refractivity contribution in [3.63, 3.8) is 0 Å². The zero-order valence-electron chi connectivity index (χ0n) is 12.1. The van der Waals surface area contributed by atoms with Crippen LogP contribution in [0.2, 0.25) is 0 Å². The average molecular weight is 308 g/mol. The second-order valence-electron chi connectivity index (χ2n) is 5.90. The largest absolute Gasteiger partial charge is 0.326 e. The molecule has 1 N–H and O–H groups in total. The average Bonchev–Trinajstić information content (AvgIpc) is 3.23.